The van der Waals surface area contributed by atoms with E-state index in [-0.39, 0.29) is 0 Å². The van der Waals surface area contributed by atoms with Gasteiger partial charge in [0, 0.05) is 16.7 Å². The van der Waals surface area contributed by atoms with E-state index in [9.17, 15) is 5.26 Å². The van der Waals surface area contributed by atoms with Crippen molar-refractivity contribution in [2.24, 2.45) is 0 Å². The van der Waals surface area contributed by atoms with Crippen molar-refractivity contribution in [2.45, 2.75) is 12.8 Å². The van der Waals surface area contributed by atoms with Gasteiger partial charge in [-0.2, -0.15) is 5.26 Å². The van der Waals surface area contributed by atoms with Crippen LogP contribution in [0.5, 0.6) is 11.5 Å². The molecule has 3 aromatic carbocycles. The molecule has 0 spiro atoms. The summed E-state index contributed by atoms with van der Waals surface area (Å²) in [6.45, 7) is 0. The van der Waals surface area contributed by atoms with Crippen LogP contribution in [0.2, 0.25) is 0 Å². The molecule has 1 heterocycles. The molecule has 0 fully saturated rings. The molecule has 0 unspecified atom stereocenters. The number of rotatable bonds is 1. The normalized spacial score (nSPS) is 16.2. The summed E-state index contributed by atoms with van der Waals surface area (Å²) in [5.74, 6) is 2.34. The predicted octanol–water partition coefficient (Wildman–Crippen LogP) is 5.40. The summed E-state index contributed by atoms with van der Waals surface area (Å²) in [5.41, 5.74) is 5.87. The van der Waals surface area contributed by atoms with Gasteiger partial charge in [0.05, 0.1) is 19.3 Å². The Balaban J connectivity index is 1.87. The van der Waals surface area contributed by atoms with E-state index in [4.69, 9.17) is 9.47 Å². The number of aryl methyl sites for hydroxylation is 1. The lowest BCUT2D eigenvalue weighted by Crippen LogP contribution is -2.16. The van der Waals surface area contributed by atoms with Crippen LogP contribution in [0.4, 0.5) is 0 Å². The maximum Gasteiger partial charge on any atom is 0.141 e. The molecule has 0 amide bonds. The van der Waals surface area contributed by atoms with Crippen molar-refractivity contribution >= 4 is 16.3 Å². The highest BCUT2D eigenvalue weighted by Gasteiger charge is 2.31. The molecule has 27 heavy (non-hydrogen) atoms. The van der Waals surface area contributed by atoms with Gasteiger partial charge in [-0.3, -0.25) is 0 Å². The first-order chi connectivity index (χ1) is 13.3. The SMILES string of the molecule is COc1ccc2c(c1)CCC1=C2c2c(ccc3ccccc23)O/C1=C\C#N. The van der Waals surface area contributed by atoms with E-state index in [0.717, 1.165) is 35.5 Å². The Hall–Kier alpha value is -3.51. The van der Waals surface area contributed by atoms with Crippen molar-refractivity contribution in [1.29, 1.82) is 5.26 Å². The summed E-state index contributed by atoms with van der Waals surface area (Å²) in [4.78, 5) is 0. The van der Waals surface area contributed by atoms with Crippen molar-refractivity contribution < 1.29 is 9.47 Å². The molecular weight excluding hydrogens is 334 g/mol. The van der Waals surface area contributed by atoms with Crippen molar-refractivity contribution in [2.75, 3.05) is 7.11 Å². The van der Waals surface area contributed by atoms with Crippen LogP contribution < -0.4 is 9.47 Å². The largest absolute Gasteiger partial charge is 0.497 e. The van der Waals surface area contributed by atoms with Crippen LogP contribution in [0, 0.1) is 11.3 Å². The van der Waals surface area contributed by atoms with Crippen LogP contribution in [0.1, 0.15) is 23.1 Å². The highest BCUT2D eigenvalue weighted by molar-refractivity contribution is 6.03. The van der Waals surface area contributed by atoms with Gasteiger partial charge in [0.2, 0.25) is 0 Å². The molecule has 0 atom stereocenters. The molecule has 0 radical (unpaired) electrons. The minimum atomic E-state index is 0.664. The second-order valence-electron chi connectivity index (χ2n) is 6.78. The lowest BCUT2D eigenvalue weighted by Gasteiger charge is -2.31. The third-order valence-corrected chi connectivity index (χ3v) is 5.38. The van der Waals surface area contributed by atoms with Gasteiger partial charge in [-0.05, 0) is 52.9 Å². The van der Waals surface area contributed by atoms with Gasteiger partial charge in [-0.1, -0.05) is 36.4 Å². The van der Waals surface area contributed by atoms with E-state index in [1.165, 1.54) is 33.5 Å². The van der Waals surface area contributed by atoms with Crippen LogP contribution in [-0.4, -0.2) is 7.11 Å². The van der Waals surface area contributed by atoms with Crippen LogP contribution >= 0.6 is 0 Å². The minimum Gasteiger partial charge on any atom is -0.497 e. The van der Waals surface area contributed by atoms with Gasteiger partial charge < -0.3 is 9.47 Å². The first kappa shape index (κ1) is 15.7. The fourth-order valence-electron chi connectivity index (χ4n) is 4.18. The van der Waals surface area contributed by atoms with E-state index in [2.05, 4.69) is 42.5 Å². The zero-order valence-corrected chi connectivity index (χ0v) is 15.0. The number of ether oxygens (including phenoxy) is 2. The Bertz CT molecular complexity index is 1190. The second-order valence-corrected chi connectivity index (χ2v) is 6.78. The Kier molecular flexibility index (Phi) is 3.51. The molecule has 0 saturated heterocycles. The van der Waals surface area contributed by atoms with E-state index in [0.29, 0.717) is 5.76 Å². The molecule has 0 N–H and O–H groups in total. The predicted molar refractivity (Wildman–Crippen MR) is 106 cm³/mol. The van der Waals surface area contributed by atoms with Crippen molar-refractivity contribution in [1.82, 2.24) is 0 Å². The van der Waals surface area contributed by atoms with Crippen LogP contribution in [-0.2, 0) is 6.42 Å². The Morgan fingerprint density at radius 3 is 2.81 bits per heavy atom. The Labute approximate surface area is 157 Å². The average Bonchev–Trinajstić information content (AvgIpc) is 2.72. The summed E-state index contributed by atoms with van der Waals surface area (Å²) < 4.78 is 11.6. The standard InChI is InChI=1S/C24H17NO2/c1-26-17-8-10-19-16(14-17)6-9-20-21(12-13-25)27-22-11-7-15-4-2-3-5-18(15)24(22)23(19)20/h2-5,7-8,10-12,14H,6,9H2,1H3/b21-12-. The maximum absolute atomic E-state index is 9.25. The smallest absolute Gasteiger partial charge is 0.141 e. The highest BCUT2D eigenvalue weighted by atomic mass is 16.5. The van der Waals surface area contributed by atoms with Gasteiger partial charge in [0.1, 0.15) is 17.3 Å². The van der Waals surface area contributed by atoms with Crippen LogP contribution in [0.3, 0.4) is 0 Å². The van der Waals surface area contributed by atoms with Crippen LogP contribution in [0.15, 0.2) is 72.0 Å². The number of fused-ring (bicyclic) bond motifs is 6. The fraction of sp³-hybridized carbons (Fsp3) is 0.125. The van der Waals surface area contributed by atoms with E-state index >= 15 is 0 Å². The highest BCUT2D eigenvalue weighted by Crippen LogP contribution is 2.49. The molecule has 5 rings (SSSR count). The lowest BCUT2D eigenvalue weighted by molar-refractivity contribution is 0.413. The van der Waals surface area contributed by atoms with Crippen molar-refractivity contribution in [3.8, 4) is 17.6 Å². The minimum absolute atomic E-state index is 0.664. The number of hydrogen-bond acceptors (Lipinski definition) is 3. The van der Waals surface area contributed by atoms with E-state index in [1.807, 2.05) is 18.2 Å². The van der Waals surface area contributed by atoms with Crippen molar-refractivity contribution in [3.63, 3.8) is 0 Å². The van der Waals surface area contributed by atoms with Crippen molar-refractivity contribution in [3.05, 3.63) is 88.7 Å². The lowest BCUT2D eigenvalue weighted by atomic mass is 9.78. The molecule has 2 aliphatic rings. The zero-order chi connectivity index (χ0) is 18.4. The maximum atomic E-state index is 9.25. The number of hydrogen-bond donors (Lipinski definition) is 0. The number of methoxy groups -OCH3 is 1. The summed E-state index contributed by atoms with van der Waals surface area (Å²) >= 11 is 0. The van der Waals surface area contributed by atoms with Crippen LogP contribution in [0.25, 0.3) is 16.3 Å². The zero-order valence-electron chi connectivity index (χ0n) is 15.0. The molecule has 3 aromatic rings. The summed E-state index contributed by atoms with van der Waals surface area (Å²) in [5, 5.41) is 11.6. The topological polar surface area (TPSA) is 42.2 Å². The first-order valence-corrected chi connectivity index (χ1v) is 9.00. The molecule has 0 bridgehead atoms. The molecule has 1 aliphatic heterocycles. The molecule has 130 valence electrons. The summed E-state index contributed by atoms with van der Waals surface area (Å²) in [6, 6.07) is 20.8. The number of allylic oxidation sites excluding steroid dienone is 2. The quantitative estimate of drug-likeness (QED) is 0.552. The third kappa shape index (κ3) is 2.34. The Morgan fingerprint density at radius 1 is 1.07 bits per heavy atom. The molecule has 0 saturated carbocycles. The monoisotopic (exact) mass is 351 g/mol. The summed E-state index contributed by atoms with van der Waals surface area (Å²) in [6.07, 6.45) is 3.26. The molecular formula is C24H17NO2. The van der Waals surface area contributed by atoms with Gasteiger partial charge in [-0.15, -0.1) is 0 Å². The number of nitriles is 1. The number of nitrogens with zero attached hydrogens (tertiary/aromatic N) is 1. The summed E-state index contributed by atoms with van der Waals surface area (Å²) in [7, 11) is 1.69. The van der Waals surface area contributed by atoms with Gasteiger partial charge in [0.15, 0.2) is 0 Å². The molecule has 1 aliphatic carbocycles. The second kappa shape index (κ2) is 6.03. The average molecular weight is 351 g/mol. The number of benzene rings is 3. The van der Waals surface area contributed by atoms with E-state index < -0.39 is 0 Å². The third-order valence-electron chi connectivity index (χ3n) is 5.38. The van der Waals surface area contributed by atoms with Gasteiger partial charge in [-0.25, -0.2) is 0 Å². The molecule has 3 heteroatoms. The fourth-order valence-corrected chi connectivity index (χ4v) is 4.18. The Morgan fingerprint density at radius 2 is 1.96 bits per heavy atom. The molecule has 3 nitrogen and oxygen atoms in total. The van der Waals surface area contributed by atoms with Gasteiger partial charge >= 0.3 is 0 Å². The van der Waals surface area contributed by atoms with E-state index in [1.54, 1.807) is 7.11 Å². The first-order valence-electron chi connectivity index (χ1n) is 9.00. The van der Waals surface area contributed by atoms with Gasteiger partial charge in [0.25, 0.3) is 0 Å². The molecule has 0 aromatic heterocycles.